The first-order valence-electron chi connectivity index (χ1n) is 13.9. The van der Waals surface area contributed by atoms with Gasteiger partial charge in [0.1, 0.15) is 36.6 Å². The van der Waals surface area contributed by atoms with Gasteiger partial charge in [-0.15, -0.1) is 11.8 Å². The van der Waals surface area contributed by atoms with Gasteiger partial charge in [-0.25, -0.2) is 4.79 Å². The number of nitrogens with one attached hydrogen (secondary N) is 2. The molecule has 1 saturated heterocycles. The van der Waals surface area contributed by atoms with Crippen molar-refractivity contribution in [3.8, 4) is 5.75 Å². The minimum absolute atomic E-state index is 0. The van der Waals surface area contributed by atoms with Crippen molar-refractivity contribution in [1.29, 1.82) is 0 Å². The molecule has 1 fully saturated rings. The van der Waals surface area contributed by atoms with Crippen molar-refractivity contribution in [2.45, 2.75) is 24.6 Å². The highest BCUT2D eigenvalue weighted by Gasteiger charge is 2.55. The molecule has 5 heterocycles. The van der Waals surface area contributed by atoms with Crippen LogP contribution < -0.4 is 49.6 Å². The van der Waals surface area contributed by atoms with E-state index < -0.39 is 29.2 Å². The molecule has 2 atom stereocenters. The number of ether oxygens (including phenoxy) is 2. The Morgan fingerprint density at radius 3 is 2.71 bits per heavy atom. The van der Waals surface area contributed by atoms with Crippen LogP contribution in [0.25, 0.3) is 10.2 Å². The molecule has 1 aromatic carbocycles. The number of methoxy groups -OCH3 is 1. The van der Waals surface area contributed by atoms with E-state index in [0.717, 1.165) is 27.3 Å². The van der Waals surface area contributed by atoms with Crippen molar-refractivity contribution in [3.63, 3.8) is 0 Å². The second kappa shape index (κ2) is 15.3. The molecule has 0 spiro atoms. The first-order chi connectivity index (χ1) is 22.8. The summed E-state index contributed by atoms with van der Waals surface area (Å²) in [6.45, 7) is 0.238. The van der Waals surface area contributed by atoms with Crippen molar-refractivity contribution in [3.05, 3.63) is 70.6 Å². The maximum absolute atomic E-state index is 13.8. The number of aromatic nitrogens is 3. The number of benzene rings is 1. The van der Waals surface area contributed by atoms with Gasteiger partial charge in [0.05, 0.1) is 18.2 Å². The van der Waals surface area contributed by atoms with E-state index in [1.165, 1.54) is 35.1 Å². The van der Waals surface area contributed by atoms with Gasteiger partial charge < -0.3 is 54.7 Å². The lowest BCUT2D eigenvalue weighted by Gasteiger charge is -2.49. The first kappa shape index (κ1) is 35.0. The Morgan fingerprint density at radius 2 is 2.02 bits per heavy atom. The van der Waals surface area contributed by atoms with Crippen LogP contribution >= 0.6 is 34.6 Å². The Labute approximate surface area is 302 Å². The molecule has 0 aliphatic carbocycles. The zero-order valence-electron chi connectivity index (χ0n) is 25.2. The van der Waals surface area contributed by atoms with Crippen LogP contribution in [0, 0.1) is 0 Å². The number of hydrogen-bond donors (Lipinski definition) is 3. The molecule has 4 aromatic rings. The number of rotatable bonds is 12. The third kappa shape index (κ3) is 6.93. The first-order valence-corrected chi connectivity index (χ1v) is 16.6. The number of oxime groups is 1. The van der Waals surface area contributed by atoms with E-state index in [4.69, 9.17) is 20.0 Å². The van der Waals surface area contributed by atoms with Crippen LogP contribution in [-0.2, 0) is 41.9 Å². The number of nitrogens with two attached hydrogens (primary N) is 1. The number of carbonyl (C=O) groups is 4. The number of thioether (sulfide) groups is 1. The van der Waals surface area contributed by atoms with Crippen LogP contribution in [0.15, 0.2) is 64.4 Å². The third-order valence-corrected chi connectivity index (χ3v) is 10.2. The fourth-order valence-corrected chi connectivity index (χ4v) is 7.87. The number of hydrogen-bond acceptors (Lipinski definition) is 14. The van der Waals surface area contributed by atoms with Gasteiger partial charge in [-0.3, -0.25) is 19.3 Å². The summed E-state index contributed by atoms with van der Waals surface area (Å²) in [6, 6.07) is 9.85. The summed E-state index contributed by atoms with van der Waals surface area (Å²) in [5, 5.41) is 11.3. The lowest BCUT2D eigenvalue weighted by atomic mass is 10.0. The summed E-state index contributed by atoms with van der Waals surface area (Å²) in [5.74, 6) is -0.917. The molecule has 2 aliphatic rings. The average molecular weight is 823 g/mol. The normalized spacial score (nSPS) is 17.2. The molecule has 48 heavy (non-hydrogen) atoms. The number of β-lactam (4-membered cyclic amide) rings is 1. The summed E-state index contributed by atoms with van der Waals surface area (Å²) in [6.07, 6.45) is 2.48. The smallest absolute Gasteiger partial charge is 0.355 e. The summed E-state index contributed by atoms with van der Waals surface area (Å²) in [4.78, 5) is 62.8. The Balaban J connectivity index is 0.00000451. The van der Waals surface area contributed by atoms with E-state index in [9.17, 15) is 19.2 Å². The van der Waals surface area contributed by atoms with Crippen LogP contribution in [0.4, 0.5) is 10.8 Å². The van der Waals surface area contributed by atoms with Crippen molar-refractivity contribution in [2.24, 2.45) is 5.16 Å². The second-order valence-corrected chi connectivity index (χ2v) is 12.8. The maximum Gasteiger partial charge on any atom is 0.355 e. The number of thiophene rings is 1. The highest BCUT2D eigenvalue weighted by molar-refractivity contribution is 8.00. The molecular formula is C29H27IN8O7S3. The number of esters is 1. The standard InChI is InChI=1S/C29H26N8O7S3.HI/c1-42-17-7-5-15(6-8-17)11-44-28(41)22-16(10-36-9-3-4-18-19(31-14-38)13-46-26(18)36)12-45-27-21(25(40)37(22)27)32-24(39)20(34-43-2)23-33-29(30)47-35-23;/h3-9,13-14,21,27H,10-12H2,1-2H3,(H3-,30,31,32,33,35,38,39);1H/b34-20-;/t21?,27-;/m1./s1. The highest BCUT2D eigenvalue weighted by Crippen LogP contribution is 2.41. The number of pyridine rings is 1. The van der Waals surface area contributed by atoms with Crippen molar-refractivity contribution in [1.82, 2.24) is 19.6 Å². The summed E-state index contributed by atoms with van der Waals surface area (Å²) in [7, 11) is 2.83. The van der Waals surface area contributed by atoms with Gasteiger partial charge >= 0.3 is 5.97 Å². The number of carbonyl (C=O) groups excluding carboxylic acids is 4. The monoisotopic (exact) mass is 822 g/mol. The third-order valence-electron chi connectivity index (χ3n) is 7.28. The molecule has 19 heteroatoms. The molecule has 6 rings (SSSR count). The van der Waals surface area contributed by atoms with Gasteiger partial charge in [-0.1, -0.05) is 28.6 Å². The van der Waals surface area contributed by atoms with Crippen molar-refractivity contribution < 1.29 is 62.0 Å². The fraction of sp³-hybridized carbons (Fsp3) is 0.241. The fourth-order valence-electron chi connectivity index (χ4n) is 5.10. The number of anilines is 2. The zero-order chi connectivity index (χ0) is 33.1. The van der Waals surface area contributed by atoms with Gasteiger partial charge in [0.15, 0.2) is 17.9 Å². The Bertz CT molecular complexity index is 1930. The molecule has 0 saturated carbocycles. The minimum atomic E-state index is -0.971. The van der Waals surface area contributed by atoms with Crippen LogP contribution in [0.5, 0.6) is 5.75 Å². The molecule has 15 nitrogen and oxygen atoms in total. The average Bonchev–Trinajstić information content (AvgIpc) is 3.71. The number of amides is 3. The van der Waals surface area contributed by atoms with Crippen LogP contribution in [0.1, 0.15) is 11.4 Å². The molecular weight excluding hydrogens is 795 g/mol. The lowest BCUT2D eigenvalue weighted by molar-refractivity contribution is -0.661. The Kier molecular flexibility index (Phi) is 11.1. The van der Waals surface area contributed by atoms with E-state index in [2.05, 4.69) is 25.1 Å². The Morgan fingerprint density at radius 1 is 1.23 bits per heavy atom. The summed E-state index contributed by atoms with van der Waals surface area (Å²) >= 11 is 3.72. The molecule has 3 amide bonds. The summed E-state index contributed by atoms with van der Waals surface area (Å²) in [5.41, 5.74) is 7.61. The number of fused-ring (bicyclic) bond motifs is 2. The minimum Gasteiger partial charge on any atom is -1.00 e. The van der Waals surface area contributed by atoms with Gasteiger partial charge in [-0.2, -0.15) is 13.9 Å². The van der Waals surface area contributed by atoms with Crippen LogP contribution in [-0.4, -0.2) is 75.6 Å². The van der Waals surface area contributed by atoms with E-state index in [1.807, 2.05) is 28.3 Å². The van der Waals surface area contributed by atoms with E-state index >= 15 is 0 Å². The van der Waals surface area contributed by atoms with Crippen LogP contribution in [0.2, 0.25) is 0 Å². The van der Waals surface area contributed by atoms with Gasteiger partial charge in [0.25, 0.3) is 16.6 Å². The van der Waals surface area contributed by atoms with Crippen LogP contribution in [0.3, 0.4) is 0 Å². The van der Waals surface area contributed by atoms with Gasteiger partial charge in [0.2, 0.25) is 17.9 Å². The molecule has 250 valence electrons. The maximum atomic E-state index is 13.8. The number of nitrogen functional groups attached to an aromatic ring is 1. The van der Waals surface area contributed by atoms with E-state index in [-0.39, 0.29) is 59.5 Å². The predicted molar refractivity (Wildman–Crippen MR) is 174 cm³/mol. The van der Waals surface area contributed by atoms with E-state index in [1.54, 1.807) is 31.4 Å². The second-order valence-electron chi connectivity index (χ2n) is 10.1. The summed E-state index contributed by atoms with van der Waals surface area (Å²) < 4.78 is 16.9. The zero-order valence-corrected chi connectivity index (χ0v) is 29.9. The van der Waals surface area contributed by atoms with Crippen molar-refractivity contribution in [2.75, 3.05) is 31.0 Å². The number of nitrogens with zero attached hydrogens (tertiary/aromatic N) is 5. The van der Waals surface area contributed by atoms with Gasteiger partial charge in [-0.05, 0) is 23.8 Å². The predicted octanol–water partition coefficient (Wildman–Crippen LogP) is -1.35. The SMILES string of the molecule is CO/N=C(\C(=O)NC1C(=O)N2C(C(=O)OCc3ccc(OC)cc3)=C(C[n+]3cccc4c(NC=O)csc43)CS[C@H]12)c1nsc(N)n1.[I-]. The van der Waals surface area contributed by atoms with Gasteiger partial charge in [0, 0.05) is 34.3 Å². The topological polar surface area (TPSA) is 191 Å². The largest absolute Gasteiger partial charge is 1.00 e. The molecule has 2 aliphatic heterocycles. The lowest BCUT2D eigenvalue weighted by Crippen LogP contribution is -3.00. The quantitative estimate of drug-likeness (QED) is 0.0292. The Hall–Kier alpha value is -4.34. The molecule has 3 aromatic heterocycles. The van der Waals surface area contributed by atoms with Crippen molar-refractivity contribution >= 4 is 85.6 Å². The molecule has 4 N–H and O–H groups in total. The molecule has 1 unspecified atom stereocenters. The molecule has 0 radical (unpaired) electrons. The highest BCUT2D eigenvalue weighted by atomic mass is 127. The molecule has 0 bridgehead atoms. The van der Waals surface area contributed by atoms with E-state index in [0.29, 0.717) is 29.2 Å². The number of halogens is 1.